The second-order valence-electron chi connectivity index (χ2n) is 6.37. The van der Waals surface area contributed by atoms with Crippen LogP contribution in [0.25, 0.3) is 0 Å². The van der Waals surface area contributed by atoms with Crippen molar-refractivity contribution in [1.82, 2.24) is 4.90 Å². The number of aliphatic carboxylic acids is 1. The highest BCUT2D eigenvalue weighted by molar-refractivity contribution is 6.74. The summed E-state index contributed by atoms with van der Waals surface area (Å²) < 4.78 is 6.13. The van der Waals surface area contributed by atoms with Gasteiger partial charge in [-0.3, -0.25) is 9.59 Å². The quantitative estimate of drug-likeness (QED) is 0.792. The lowest BCUT2D eigenvalue weighted by molar-refractivity contribution is -0.142. The van der Waals surface area contributed by atoms with Crippen LogP contribution in [0.1, 0.15) is 27.2 Å². The predicted molar refractivity (Wildman–Crippen MR) is 70.9 cm³/mol. The Hall–Kier alpha value is -0.883. The van der Waals surface area contributed by atoms with Crippen LogP contribution >= 0.6 is 0 Å². The number of carbonyl (C=O) groups excluding carboxylic acids is 1. The first-order valence-corrected chi connectivity index (χ1v) is 9.11. The summed E-state index contributed by atoms with van der Waals surface area (Å²) >= 11 is 0. The van der Waals surface area contributed by atoms with E-state index in [0.717, 1.165) is 0 Å². The van der Waals surface area contributed by atoms with Crippen molar-refractivity contribution in [3.8, 4) is 0 Å². The Labute approximate surface area is 109 Å². The first-order valence-electron chi connectivity index (χ1n) is 6.20. The van der Waals surface area contributed by atoms with Crippen LogP contribution in [0.15, 0.2) is 0 Å². The molecule has 5 nitrogen and oxygen atoms in total. The topological polar surface area (TPSA) is 66.8 Å². The largest absolute Gasteiger partial charge is 0.480 e. The second kappa shape index (κ2) is 5.01. The molecule has 1 fully saturated rings. The van der Waals surface area contributed by atoms with Crippen molar-refractivity contribution in [3.63, 3.8) is 0 Å². The van der Waals surface area contributed by atoms with E-state index in [1.54, 1.807) is 0 Å². The van der Waals surface area contributed by atoms with Crippen molar-refractivity contribution in [2.75, 3.05) is 13.1 Å². The van der Waals surface area contributed by atoms with Crippen molar-refractivity contribution in [1.29, 1.82) is 0 Å². The Morgan fingerprint density at radius 2 is 2.06 bits per heavy atom. The van der Waals surface area contributed by atoms with Crippen molar-refractivity contribution in [3.05, 3.63) is 0 Å². The Kier molecular flexibility index (Phi) is 4.22. The van der Waals surface area contributed by atoms with E-state index in [1.165, 1.54) is 4.90 Å². The molecule has 1 rings (SSSR count). The molecule has 0 aromatic carbocycles. The number of carbonyl (C=O) groups is 2. The normalized spacial score (nSPS) is 21.5. The van der Waals surface area contributed by atoms with Gasteiger partial charge in [0, 0.05) is 6.54 Å². The Bertz CT molecular complexity index is 348. The molecule has 1 amide bonds. The van der Waals surface area contributed by atoms with Crippen LogP contribution in [0.4, 0.5) is 0 Å². The lowest BCUT2D eigenvalue weighted by atomic mass is 10.2. The molecule has 1 heterocycles. The lowest BCUT2D eigenvalue weighted by Crippen LogP contribution is -2.44. The summed E-state index contributed by atoms with van der Waals surface area (Å²) in [6.07, 6.45) is 0.150. The van der Waals surface area contributed by atoms with Crippen LogP contribution in [0.2, 0.25) is 18.1 Å². The molecule has 1 aliphatic heterocycles. The van der Waals surface area contributed by atoms with Crippen LogP contribution in [-0.2, 0) is 14.0 Å². The van der Waals surface area contributed by atoms with E-state index in [4.69, 9.17) is 9.53 Å². The summed E-state index contributed by atoms with van der Waals surface area (Å²) in [5.74, 6) is -1.10. The number of hydrogen-bond donors (Lipinski definition) is 1. The van der Waals surface area contributed by atoms with Gasteiger partial charge in [0.15, 0.2) is 8.32 Å². The third-order valence-corrected chi connectivity index (χ3v) is 8.31. The van der Waals surface area contributed by atoms with Crippen molar-refractivity contribution >= 4 is 20.2 Å². The highest BCUT2D eigenvalue weighted by Crippen LogP contribution is 2.38. The summed E-state index contributed by atoms with van der Waals surface area (Å²) in [6.45, 7) is 10.9. The van der Waals surface area contributed by atoms with E-state index in [1.807, 2.05) is 0 Å². The highest BCUT2D eigenvalue weighted by Gasteiger charge is 2.42. The van der Waals surface area contributed by atoms with Crippen LogP contribution in [0, 0.1) is 0 Å². The molecule has 0 saturated carbocycles. The minimum Gasteiger partial charge on any atom is -0.480 e. The molecule has 1 aliphatic rings. The van der Waals surface area contributed by atoms with Gasteiger partial charge in [0.1, 0.15) is 6.54 Å². The van der Waals surface area contributed by atoms with Crippen molar-refractivity contribution < 1.29 is 19.1 Å². The third kappa shape index (κ3) is 3.55. The Morgan fingerprint density at radius 1 is 1.50 bits per heavy atom. The summed E-state index contributed by atoms with van der Waals surface area (Å²) in [5, 5.41) is 8.81. The third-order valence-electron chi connectivity index (χ3n) is 3.77. The van der Waals surface area contributed by atoms with Gasteiger partial charge in [-0.25, -0.2) is 0 Å². The number of nitrogens with zero attached hydrogens (tertiary/aromatic N) is 1. The molecule has 104 valence electrons. The summed E-state index contributed by atoms with van der Waals surface area (Å²) in [6, 6.07) is 0. The number of likely N-dealkylation sites (tertiary alicyclic amines) is 1. The first-order chi connectivity index (χ1) is 8.03. The molecule has 0 bridgehead atoms. The molecule has 0 aliphatic carbocycles. The van der Waals surface area contributed by atoms with Gasteiger partial charge in [0.2, 0.25) is 5.91 Å². The van der Waals surface area contributed by atoms with Gasteiger partial charge in [0.05, 0.1) is 12.5 Å². The molecule has 18 heavy (non-hydrogen) atoms. The fourth-order valence-electron chi connectivity index (χ4n) is 1.72. The fourth-order valence-corrected chi connectivity index (χ4v) is 3.07. The molecule has 0 radical (unpaired) electrons. The highest BCUT2D eigenvalue weighted by atomic mass is 28.4. The Morgan fingerprint density at radius 3 is 2.50 bits per heavy atom. The standard InChI is InChI=1S/C12H23NO4Si/c1-12(2,3)18(4,5)17-9-6-10(14)13(7-9)8-11(15)16/h9H,6-8H2,1-5H3,(H,15,16)/t9-/m1/s1. The van der Waals surface area contributed by atoms with Crippen LogP contribution in [0.5, 0.6) is 0 Å². The lowest BCUT2D eigenvalue weighted by Gasteiger charge is -2.38. The van der Waals surface area contributed by atoms with Gasteiger partial charge < -0.3 is 14.4 Å². The molecule has 0 aromatic heterocycles. The molecule has 0 aromatic rings. The number of carboxylic acid groups (broad SMARTS) is 1. The van der Waals surface area contributed by atoms with E-state index in [-0.39, 0.29) is 23.6 Å². The van der Waals surface area contributed by atoms with Gasteiger partial charge in [0.25, 0.3) is 0 Å². The zero-order valence-corrected chi connectivity index (χ0v) is 12.8. The summed E-state index contributed by atoms with van der Waals surface area (Å²) in [5.41, 5.74) is 0. The van der Waals surface area contributed by atoms with E-state index in [2.05, 4.69) is 33.9 Å². The number of carboxylic acids is 1. The molecule has 0 spiro atoms. The molecule has 1 saturated heterocycles. The zero-order chi connectivity index (χ0) is 14.1. The van der Waals surface area contributed by atoms with E-state index in [0.29, 0.717) is 13.0 Å². The van der Waals surface area contributed by atoms with Crippen molar-refractivity contribution in [2.24, 2.45) is 0 Å². The van der Waals surface area contributed by atoms with E-state index in [9.17, 15) is 9.59 Å². The van der Waals surface area contributed by atoms with Gasteiger partial charge in [-0.1, -0.05) is 20.8 Å². The van der Waals surface area contributed by atoms with Gasteiger partial charge in [-0.05, 0) is 18.1 Å². The van der Waals surface area contributed by atoms with E-state index >= 15 is 0 Å². The fraction of sp³-hybridized carbons (Fsp3) is 0.833. The summed E-state index contributed by atoms with van der Waals surface area (Å²) in [7, 11) is -1.90. The number of hydrogen-bond acceptors (Lipinski definition) is 3. The maximum Gasteiger partial charge on any atom is 0.323 e. The zero-order valence-electron chi connectivity index (χ0n) is 11.8. The van der Waals surface area contributed by atoms with Crippen LogP contribution < -0.4 is 0 Å². The second-order valence-corrected chi connectivity index (χ2v) is 11.1. The minimum absolute atomic E-state index is 0.0935. The first kappa shape index (κ1) is 15.2. The van der Waals surface area contributed by atoms with Crippen LogP contribution in [0.3, 0.4) is 0 Å². The Balaban J connectivity index is 2.62. The van der Waals surface area contributed by atoms with Gasteiger partial charge >= 0.3 is 5.97 Å². The van der Waals surface area contributed by atoms with Gasteiger partial charge in [-0.2, -0.15) is 0 Å². The monoisotopic (exact) mass is 273 g/mol. The molecular weight excluding hydrogens is 250 g/mol. The number of amides is 1. The van der Waals surface area contributed by atoms with Gasteiger partial charge in [-0.15, -0.1) is 0 Å². The average Bonchev–Trinajstić information content (AvgIpc) is 2.42. The average molecular weight is 273 g/mol. The molecular formula is C12H23NO4Si. The van der Waals surface area contributed by atoms with Crippen molar-refractivity contribution in [2.45, 2.75) is 51.4 Å². The molecule has 6 heteroatoms. The minimum atomic E-state index is -1.90. The number of rotatable bonds is 4. The van der Waals surface area contributed by atoms with E-state index < -0.39 is 14.3 Å². The molecule has 1 atom stereocenters. The predicted octanol–water partition coefficient (Wildman–Crippen LogP) is 1.69. The maximum absolute atomic E-state index is 11.7. The smallest absolute Gasteiger partial charge is 0.323 e. The SMILES string of the molecule is CC(C)(C)[Si](C)(C)O[C@@H]1CC(=O)N(CC(=O)O)C1. The molecule has 1 N–H and O–H groups in total. The van der Waals surface area contributed by atoms with Crippen LogP contribution in [-0.4, -0.2) is 49.4 Å². The maximum atomic E-state index is 11.7. The summed E-state index contributed by atoms with van der Waals surface area (Å²) in [4.78, 5) is 23.6. The molecule has 0 unspecified atom stereocenters.